The van der Waals surface area contributed by atoms with Gasteiger partial charge in [0.25, 0.3) is 5.56 Å². The van der Waals surface area contributed by atoms with Crippen molar-refractivity contribution < 1.29 is 4.74 Å². The fourth-order valence-corrected chi connectivity index (χ4v) is 1.49. The molecule has 6 heteroatoms. The number of nitrogens with zero attached hydrogens (tertiary/aromatic N) is 2. The Labute approximate surface area is 95.0 Å². The summed E-state index contributed by atoms with van der Waals surface area (Å²) >= 11 is 8.75. The zero-order chi connectivity index (χ0) is 10.7. The molecule has 4 nitrogen and oxygen atoms in total. The summed E-state index contributed by atoms with van der Waals surface area (Å²) in [5, 5.41) is 0.177. The van der Waals surface area contributed by atoms with Crippen molar-refractivity contribution in [2.75, 3.05) is 13.7 Å². The van der Waals surface area contributed by atoms with Gasteiger partial charge in [-0.3, -0.25) is 9.36 Å². The standard InChI is InChI=1S/C8H10BrClN2O2/c1-5(3-14-2)12-4-11-7(10)6(9)8(12)13/h4-5H,3H2,1-2H3. The monoisotopic (exact) mass is 280 g/mol. The molecule has 1 atom stereocenters. The predicted octanol–water partition coefficient (Wildman–Crippen LogP) is 1.87. The van der Waals surface area contributed by atoms with E-state index in [1.165, 1.54) is 10.9 Å². The van der Waals surface area contributed by atoms with Crippen molar-refractivity contribution >= 4 is 27.5 Å². The van der Waals surface area contributed by atoms with Gasteiger partial charge in [-0.05, 0) is 22.9 Å². The fraction of sp³-hybridized carbons (Fsp3) is 0.500. The van der Waals surface area contributed by atoms with Gasteiger partial charge in [-0.25, -0.2) is 4.98 Å². The summed E-state index contributed by atoms with van der Waals surface area (Å²) in [6, 6.07) is -0.0615. The van der Waals surface area contributed by atoms with E-state index in [2.05, 4.69) is 20.9 Å². The van der Waals surface area contributed by atoms with Crippen molar-refractivity contribution in [2.24, 2.45) is 0 Å². The molecule has 14 heavy (non-hydrogen) atoms. The van der Waals surface area contributed by atoms with Crippen LogP contribution in [0.1, 0.15) is 13.0 Å². The average molecular weight is 282 g/mol. The molecule has 0 radical (unpaired) electrons. The van der Waals surface area contributed by atoms with Crippen LogP contribution in [0.25, 0.3) is 0 Å². The molecule has 0 saturated heterocycles. The van der Waals surface area contributed by atoms with Gasteiger partial charge < -0.3 is 4.74 Å². The fourth-order valence-electron chi connectivity index (χ4n) is 1.06. The van der Waals surface area contributed by atoms with Crippen LogP contribution in [0, 0.1) is 0 Å². The van der Waals surface area contributed by atoms with Gasteiger partial charge in [0, 0.05) is 7.11 Å². The van der Waals surface area contributed by atoms with Crippen LogP contribution in [0.4, 0.5) is 0 Å². The molecule has 0 aliphatic rings. The zero-order valence-corrected chi connectivity index (χ0v) is 10.2. The maximum absolute atomic E-state index is 11.6. The number of methoxy groups -OCH3 is 1. The van der Waals surface area contributed by atoms with E-state index in [0.717, 1.165) is 0 Å². The van der Waals surface area contributed by atoms with Gasteiger partial charge in [-0.15, -0.1) is 0 Å². The molecule has 1 aromatic rings. The normalized spacial score (nSPS) is 12.9. The lowest BCUT2D eigenvalue weighted by Gasteiger charge is -2.13. The van der Waals surface area contributed by atoms with E-state index < -0.39 is 0 Å². The first kappa shape index (κ1) is 11.7. The van der Waals surface area contributed by atoms with E-state index in [-0.39, 0.29) is 21.2 Å². The summed E-state index contributed by atoms with van der Waals surface area (Å²) in [4.78, 5) is 15.5. The van der Waals surface area contributed by atoms with Crippen molar-refractivity contribution in [3.63, 3.8) is 0 Å². The smallest absolute Gasteiger partial charge is 0.269 e. The van der Waals surface area contributed by atoms with Crippen LogP contribution in [-0.2, 0) is 4.74 Å². The van der Waals surface area contributed by atoms with Crippen LogP contribution in [0.5, 0.6) is 0 Å². The SMILES string of the molecule is COCC(C)n1cnc(Cl)c(Br)c1=O. The summed E-state index contributed by atoms with van der Waals surface area (Å²) in [6.45, 7) is 2.32. The quantitative estimate of drug-likeness (QED) is 0.795. The number of halogens is 2. The Morgan fingerprint density at radius 3 is 3.00 bits per heavy atom. The van der Waals surface area contributed by atoms with E-state index >= 15 is 0 Å². The molecule has 0 amide bonds. The van der Waals surface area contributed by atoms with Crippen molar-refractivity contribution in [2.45, 2.75) is 13.0 Å². The first-order valence-electron chi connectivity index (χ1n) is 3.99. The lowest BCUT2D eigenvalue weighted by atomic mass is 10.3. The highest BCUT2D eigenvalue weighted by molar-refractivity contribution is 9.10. The number of hydrogen-bond donors (Lipinski definition) is 0. The third-order valence-corrected chi connectivity index (χ3v) is 3.01. The summed E-state index contributed by atoms with van der Waals surface area (Å²) in [5.74, 6) is 0. The summed E-state index contributed by atoms with van der Waals surface area (Å²) in [5.41, 5.74) is -0.199. The van der Waals surface area contributed by atoms with Crippen LogP contribution in [0.2, 0.25) is 5.15 Å². The predicted molar refractivity (Wildman–Crippen MR) is 57.8 cm³/mol. The van der Waals surface area contributed by atoms with Gasteiger partial charge in [0.1, 0.15) is 4.47 Å². The molecule has 1 aromatic heterocycles. The number of hydrogen-bond acceptors (Lipinski definition) is 3. The van der Waals surface area contributed by atoms with Crippen LogP contribution in [0.3, 0.4) is 0 Å². The average Bonchev–Trinajstić information content (AvgIpc) is 2.15. The second-order valence-corrected chi connectivity index (χ2v) is 4.02. The minimum atomic E-state index is -0.199. The Morgan fingerprint density at radius 1 is 1.79 bits per heavy atom. The van der Waals surface area contributed by atoms with Gasteiger partial charge in [0.2, 0.25) is 0 Å². The van der Waals surface area contributed by atoms with Crippen molar-refractivity contribution in [1.82, 2.24) is 9.55 Å². The summed E-state index contributed by atoms with van der Waals surface area (Å²) in [6.07, 6.45) is 1.42. The molecule has 0 saturated carbocycles. The lowest BCUT2D eigenvalue weighted by molar-refractivity contribution is 0.160. The van der Waals surface area contributed by atoms with Crippen molar-refractivity contribution in [3.8, 4) is 0 Å². The summed E-state index contributed by atoms with van der Waals surface area (Å²) < 4.78 is 6.70. The maximum Gasteiger partial charge on any atom is 0.269 e. The van der Waals surface area contributed by atoms with Crippen LogP contribution < -0.4 is 5.56 Å². The minimum absolute atomic E-state index is 0.0615. The van der Waals surface area contributed by atoms with E-state index in [0.29, 0.717) is 6.61 Å². The van der Waals surface area contributed by atoms with E-state index in [9.17, 15) is 4.79 Å². The largest absolute Gasteiger partial charge is 0.383 e. The Bertz CT molecular complexity index is 380. The molecule has 1 rings (SSSR count). The van der Waals surface area contributed by atoms with Crippen molar-refractivity contribution in [3.05, 3.63) is 26.3 Å². The van der Waals surface area contributed by atoms with Gasteiger partial charge in [0.05, 0.1) is 19.0 Å². The second-order valence-electron chi connectivity index (χ2n) is 2.87. The van der Waals surface area contributed by atoms with E-state index in [1.54, 1.807) is 7.11 Å². The Hall–Kier alpha value is -0.390. The molecule has 0 spiro atoms. The van der Waals surface area contributed by atoms with Crippen molar-refractivity contribution in [1.29, 1.82) is 0 Å². The topological polar surface area (TPSA) is 44.1 Å². The summed E-state index contributed by atoms with van der Waals surface area (Å²) in [7, 11) is 1.58. The molecule has 0 aliphatic carbocycles. The zero-order valence-electron chi connectivity index (χ0n) is 7.83. The third kappa shape index (κ3) is 2.34. The van der Waals surface area contributed by atoms with Gasteiger partial charge in [0.15, 0.2) is 5.15 Å². The Morgan fingerprint density at radius 2 is 2.43 bits per heavy atom. The van der Waals surface area contributed by atoms with Crippen LogP contribution in [-0.4, -0.2) is 23.3 Å². The first-order chi connectivity index (χ1) is 6.57. The highest BCUT2D eigenvalue weighted by atomic mass is 79.9. The Kier molecular flexibility index (Phi) is 4.10. The first-order valence-corrected chi connectivity index (χ1v) is 5.16. The molecular weight excluding hydrogens is 271 g/mol. The van der Waals surface area contributed by atoms with Gasteiger partial charge in [-0.2, -0.15) is 0 Å². The third-order valence-electron chi connectivity index (χ3n) is 1.78. The highest BCUT2D eigenvalue weighted by Gasteiger charge is 2.11. The molecule has 1 unspecified atom stereocenters. The number of aromatic nitrogens is 2. The molecule has 78 valence electrons. The Balaban J connectivity index is 3.11. The second kappa shape index (κ2) is 4.91. The molecule has 0 bridgehead atoms. The molecule has 1 heterocycles. The molecule has 0 aromatic carbocycles. The van der Waals surface area contributed by atoms with Gasteiger partial charge >= 0.3 is 0 Å². The van der Waals surface area contributed by atoms with Crippen LogP contribution >= 0.6 is 27.5 Å². The molecular formula is C8H10BrClN2O2. The molecule has 0 aliphatic heterocycles. The minimum Gasteiger partial charge on any atom is -0.383 e. The molecule has 0 fully saturated rings. The maximum atomic E-state index is 11.6. The van der Waals surface area contributed by atoms with Crippen LogP contribution in [0.15, 0.2) is 15.6 Å². The van der Waals surface area contributed by atoms with E-state index in [1.807, 2.05) is 6.92 Å². The molecule has 0 N–H and O–H groups in total. The van der Waals surface area contributed by atoms with Gasteiger partial charge in [-0.1, -0.05) is 11.6 Å². The highest BCUT2D eigenvalue weighted by Crippen LogP contribution is 2.15. The number of ether oxygens (including phenoxy) is 1. The lowest BCUT2D eigenvalue weighted by Crippen LogP contribution is -2.26. The number of rotatable bonds is 3. The van der Waals surface area contributed by atoms with E-state index in [4.69, 9.17) is 16.3 Å².